The Morgan fingerprint density at radius 3 is 2.16 bits per heavy atom. The Balaban J connectivity index is 1.94. The molecule has 3 nitrogen and oxygen atoms in total. The molecule has 0 aromatic rings. The van der Waals surface area contributed by atoms with Crippen LogP contribution in [-0.2, 0) is 9.47 Å². The van der Waals surface area contributed by atoms with Crippen molar-refractivity contribution in [2.45, 2.75) is 105 Å². The second kappa shape index (κ2) is 7.13. The van der Waals surface area contributed by atoms with Crippen LogP contribution in [0, 0.1) is 28.6 Å². The summed E-state index contributed by atoms with van der Waals surface area (Å²) in [5.74, 6) is 1.74. The molecule has 0 aromatic heterocycles. The van der Waals surface area contributed by atoms with E-state index >= 15 is 0 Å². The summed E-state index contributed by atoms with van der Waals surface area (Å²) in [5, 5.41) is 11.0. The quantitative estimate of drug-likeness (QED) is 0.558. The first-order valence-corrected chi connectivity index (χ1v) is 10.4. The van der Waals surface area contributed by atoms with Crippen molar-refractivity contribution >= 4 is 0 Å². The van der Waals surface area contributed by atoms with Gasteiger partial charge in [-0.1, -0.05) is 41.5 Å². The number of rotatable bonds is 10. The van der Waals surface area contributed by atoms with Gasteiger partial charge in [-0.25, -0.2) is 0 Å². The first kappa shape index (κ1) is 21.2. The van der Waals surface area contributed by atoms with E-state index in [0.717, 1.165) is 25.9 Å². The minimum absolute atomic E-state index is 0.0384. The number of aliphatic hydroxyl groups is 1. The van der Waals surface area contributed by atoms with Gasteiger partial charge in [0.05, 0.1) is 30.5 Å². The molecule has 1 aliphatic heterocycles. The Hall–Kier alpha value is -0.120. The predicted molar refractivity (Wildman–Crippen MR) is 104 cm³/mol. The van der Waals surface area contributed by atoms with E-state index in [1.165, 1.54) is 0 Å². The van der Waals surface area contributed by atoms with Crippen LogP contribution in [0.1, 0.15) is 81.6 Å². The number of hydrogen-bond donors (Lipinski definition) is 1. The van der Waals surface area contributed by atoms with Crippen molar-refractivity contribution in [2.24, 2.45) is 28.6 Å². The molecule has 0 spiro atoms. The fourth-order valence-electron chi connectivity index (χ4n) is 4.62. The lowest BCUT2D eigenvalue weighted by Gasteiger charge is -2.31. The van der Waals surface area contributed by atoms with Gasteiger partial charge < -0.3 is 14.6 Å². The van der Waals surface area contributed by atoms with Crippen LogP contribution in [0.4, 0.5) is 0 Å². The highest BCUT2D eigenvalue weighted by molar-refractivity contribution is 5.11. The van der Waals surface area contributed by atoms with Crippen LogP contribution < -0.4 is 0 Å². The minimum Gasteiger partial charge on any atom is -0.393 e. The lowest BCUT2D eigenvalue weighted by molar-refractivity contribution is 0.0215. The molecule has 2 aliphatic rings. The van der Waals surface area contributed by atoms with E-state index in [2.05, 4.69) is 62.3 Å². The number of hydrogen-bond acceptors (Lipinski definition) is 3. The van der Waals surface area contributed by atoms with Crippen molar-refractivity contribution < 1.29 is 14.6 Å². The second-order valence-corrected chi connectivity index (χ2v) is 10.3. The van der Waals surface area contributed by atoms with Crippen molar-refractivity contribution in [3.63, 3.8) is 0 Å². The molecule has 148 valence electrons. The highest BCUT2D eigenvalue weighted by Gasteiger charge is 2.63. The molecule has 6 atom stereocenters. The van der Waals surface area contributed by atoms with E-state index in [1.807, 2.05) is 0 Å². The van der Waals surface area contributed by atoms with Crippen molar-refractivity contribution in [3.05, 3.63) is 0 Å². The first-order chi connectivity index (χ1) is 11.4. The molecule has 0 radical (unpaired) electrons. The zero-order valence-corrected chi connectivity index (χ0v) is 18.1. The molecule has 1 saturated carbocycles. The Kier molecular flexibility index (Phi) is 6.04. The maximum Gasteiger partial charge on any atom is 0.0918 e. The van der Waals surface area contributed by atoms with Gasteiger partial charge in [-0.3, -0.25) is 0 Å². The zero-order chi connectivity index (χ0) is 19.2. The van der Waals surface area contributed by atoms with Gasteiger partial charge in [-0.15, -0.1) is 0 Å². The highest BCUT2D eigenvalue weighted by Crippen LogP contribution is 2.65. The molecular weight excluding hydrogens is 312 g/mol. The van der Waals surface area contributed by atoms with Gasteiger partial charge >= 0.3 is 0 Å². The Morgan fingerprint density at radius 1 is 1.12 bits per heavy atom. The van der Waals surface area contributed by atoms with Crippen molar-refractivity contribution in [1.82, 2.24) is 0 Å². The fourth-order valence-corrected chi connectivity index (χ4v) is 4.62. The van der Waals surface area contributed by atoms with Crippen molar-refractivity contribution in [3.8, 4) is 0 Å². The van der Waals surface area contributed by atoms with Crippen LogP contribution in [0.5, 0.6) is 0 Å². The third-order valence-electron chi connectivity index (χ3n) is 7.66. The lowest BCUT2D eigenvalue weighted by atomic mass is 9.77. The second-order valence-electron chi connectivity index (χ2n) is 10.3. The SMILES string of the molecule is CCC1(C)OC1CC(C)(C)C(O)CC1C(COC(C)C)[C@@]1(C)C(C)C. The first-order valence-electron chi connectivity index (χ1n) is 10.4. The molecule has 0 aromatic carbocycles. The molecule has 1 N–H and O–H groups in total. The van der Waals surface area contributed by atoms with Crippen LogP contribution in [0.25, 0.3) is 0 Å². The third kappa shape index (κ3) is 4.25. The molecule has 2 fully saturated rings. The van der Waals surface area contributed by atoms with Crippen LogP contribution >= 0.6 is 0 Å². The van der Waals surface area contributed by atoms with E-state index in [1.54, 1.807) is 0 Å². The summed E-state index contributed by atoms with van der Waals surface area (Å²) in [4.78, 5) is 0. The van der Waals surface area contributed by atoms with E-state index in [4.69, 9.17) is 9.47 Å². The summed E-state index contributed by atoms with van der Waals surface area (Å²) >= 11 is 0. The molecular formula is C22H42O3. The van der Waals surface area contributed by atoms with Gasteiger partial charge in [0.25, 0.3) is 0 Å². The van der Waals surface area contributed by atoms with E-state index in [-0.39, 0.29) is 23.2 Å². The highest BCUT2D eigenvalue weighted by atomic mass is 16.6. The van der Waals surface area contributed by atoms with Gasteiger partial charge in [0.1, 0.15) is 0 Å². The average molecular weight is 355 g/mol. The van der Waals surface area contributed by atoms with Crippen LogP contribution in [-0.4, -0.2) is 35.6 Å². The van der Waals surface area contributed by atoms with Crippen LogP contribution in [0.3, 0.4) is 0 Å². The van der Waals surface area contributed by atoms with E-state index < -0.39 is 0 Å². The maximum absolute atomic E-state index is 11.0. The summed E-state index contributed by atoms with van der Waals surface area (Å²) in [6.45, 7) is 20.8. The molecule has 0 amide bonds. The van der Waals surface area contributed by atoms with Gasteiger partial charge in [-0.05, 0) is 68.6 Å². The molecule has 5 unspecified atom stereocenters. The number of aliphatic hydroxyl groups excluding tert-OH is 1. The summed E-state index contributed by atoms with van der Waals surface area (Å²) in [6.07, 6.45) is 3.16. The smallest absolute Gasteiger partial charge is 0.0918 e. The Labute approximate surface area is 155 Å². The van der Waals surface area contributed by atoms with Gasteiger partial charge in [-0.2, -0.15) is 0 Å². The van der Waals surface area contributed by atoms with Crippen LogP contribution in [0.15, 0.2) is 0 Å². The monoisotopic (exact) mass is 354 g/mol. The number of ether oxygens (including phenoxy) is 2. The molecule has 0 bridgehead atoms. The number of epoxide rings is 1. The predicted octanol–water partition coefficient (Wildman–Crippen LogP) is 5.05. The van der Waals surface area contributed by atoms with Gasteiger partial charge in [0, 0.05) is 0 Å². The largest absolute Gasteiger partial charge is 0.393 e. The van der Waals surface area contributed by atoms with E-state index in [0.29, 0.717) is 29.3 Å². The lowest BCUT2D eigenvalue weighted by Crippen LogP contribution is -2.33. The topological polar surface area (TPSA) is 42.0 Å². The molecule has 3 heteroatoms. The maximum atomic E-state index is 11.0. The van der Waals surface area contributed by atoms with Crippen molar-refractivity contribution in [2.75, 3.05) is 6.61 Å². The van der Waals surface area contributed by atoms with Gasteiger partial charge in [0.15, 0.2) is 0 Å². The van der Waals surface area contributed by atoms with Gasteiger partial charge in [0.2, 0.25) is 0 Å². The minimum atomic E-state index is -0.287. The van der Waals surface area contributed by atoms with Crippen LogP contribution in [0.2, 0.25) is 0 Å². The summed E-state index contributed by atoms with van der Waals surface area (Å²) < 4.78 is 11.8. The Bertz CT molecular complexity index is 458. The molecule has 2 rings (SSSR count). The normalized spacial score (nSPS) is 39.1. The molecule has 1 heterocycles. The molecule has 25 heavy (non-hydrogen) atoms. The fraction of sp³-hybridized carbons (Fsp3) is 1.00. The zero-order valence-electron chi connectivity index (χ0n) is 18.1. The van der Waals surface area contributed by atoms with E-state index in [9.17, 15) is 5.11 Å². The van der Waals surface area contributed by atoms with Crippen molar-refractivity contribution in [1.29, 1.82) is 0 Å². The summed E-state index contributed by atoms with van der Waals surface area (Å²) in [5.41, 5.74) is 0.220. The average Bonchev–Trinajstić information content (AvgIpc) is 3.32. The summed E-state index contributed by atoms with van der Waals surface area (Å²) in [7, 11) is 0. The molecule has 1 aliphatic carbocycles. The third-order valence-corrected chi connectivity index (χ3v) is 7.66. The summed E-state index contributed by atoms with van der Waals surface area (Å²) in [6, 6.07) is 0. The molecule has 1 saturated heterocycles. The standard InChI is InChI=1S/C22H42O3/c1-10-21(8)19(25-21)12-20(6,7)18(23)11-16-17(13-24-15(4)5)22(16,9)14(2)3/h14-19,23H,10-13H2,1-9H3/t16?,17?,18?,19?,21?,22-/m0/s1. The Morgan fingerprint density at radius 2 is 1.72 bits per heavy atom.